The molecule has 2 fully saturated rings. The van der Waals surface area contributed by atoms with E-state index < -0.39 is 24.1 Å². The predicted molar refractivity (Wildman–Crippen MR) is 99.8 cm³/mol. The zero-order valence-electron chi connectivity index (χ0n) is 15.6. The van der Waals surface area contributed by atoms with Gasteiger partial charge < -0.3 is 9.84 Å². The van der Waals surface area contributed by atoms with Gasteiger partial charge in [-0.25, -0.2) is 8.78 Å². The molecule has 0 radical (unpaired) electrons. The molecular weight excluding hydrogens is 364 g/mol. The third-order valence-electron chi connectivity index (χ3n) is 6.16. The Bertz CT molecular complexity index is 794. The normalized spacial score (nSPS) is 27.3. The van der Waals surface area contributed by atoms with Crippen LogP contribution >= 0.6 is 0 Å². The van der Waals surface area contributed by atoms with Crippen LogP contribution in [-0.2, 0) is 9.53 Å². The molecule has 4 atom stereocenters. The quantitative estimate of drug-likeness (QED) is 0.842. The van der Waals surface area contributed by atoms with Crippen LogP contribution in [0.2, 0.25) is 0 Å². The Morgan fingerprint density at radius 1 is 1.04 bits per heavy atom. The number of aliphatic carboxylic acids is 1. The lowest BCUT2D eigenvalue weighted by molar-refractivity contribution is -0.158. The first-order valence-corrected chi connectivity index (χ1v) is 9.55. The molecule has 0 amide bonds. The second kappa shape index (κ2) is 7.60. The van der Waals surface area contributed by atoms with E-state index in [0.717, 1.165) is 12.8 Å². The number of ether oxygens (including phenoxy) is 1. The van der Waals surface area contributed by atoms with Gasteiger partial charge in [0.2, 0.25) is 0 Å². The number of rotatable bonds is 5. The number of carbonyl (C=O) groups is 1. The Morgan fingerprint density at radius 2 is 1.57 bits per heavy atom. The number of hydrogen-bond acceptors (Lipinski definition) is 3. The smallest absolute Gasteiger partial charge is 0.310 e. The molecule has 0 aromatic heterocycles. The molecule has 28 heavy (non-hydrogen) atoms. The number of fused-ring (bicyclic) bond motifs is 2. The van der Waals surface area contributed by atoms with Gasteiger partial charge in [-0.3, -0.25) is 9.69 Å². The van der Waals surface area contributed by atoms with Crippen molar-refractivity contribution in [2.24, 2.45) is 5.92 Å². The molecule has 0 saturated carbocycles. The topological polar surface area (TPSA) is 49.8 Å². The van der Waals surface area contributed by atoms with E-state index in [1.807, 2.05) is 7.05 Å². The Balaban J connectivity index is 1.67. The maximum Gasteiger partial charge on any atom is 0.310 e. The van der Waals surface area contributed by atoms with E-state index in [-0.39, 0.29) is 17.7 Å². The van der Waals surface area contributed by atoms with Gasteiger partial charge in [-0.2, -0.15) is 0 Å². The predicted octanol–water partition coefficient (Wildman–Crippen LogP) is 4.01. The molecule has 4 nitrogen and oxygen atoms in total. The van der Waals surface area contributed by atoms with Gasteiger partial charge in [0.25, 0.3) is 0 Å². The molecule has 1 N–H and O–H groups in total. The van der Waals surface area contributed by atoms with Crippen molar-refractivity contribution in [1.82, 2.24) is 4.90 Å². The van der Waals surface area contributed by atoms with Crippen LogP contribution in [0.4, 0.5) is 8.78 Å². The lowest BCUT2D eigenvalue weighted by Gasteiger charge is -2.42. The van der Waals surface area contributed by atoms with E-state index in [1.54, 1.807) is 24.3 Å². The fourth-order valence-corrected chi connectivity index (χ4v) is 4.68. The molecule has 2 aromatic rings. The van der Waals surface area contributed by atoms with Crippen molar-refractivity contribution in [2.75, 3.05) is 7.05 Å². The third kappa shape index (κ3) is 3.54. The van der Waals surface area contributed by atoms with Crippen molar-refractivity contribution in [3.05, 3.63) is 71.3 Å². The Labute approximate surface area is 162 Å². The highest BCUT2D eigenvalue weighted by atomic mass is 19.1. The van der Waals surface area contributed by atoms with Crippen molar-refractivity contribution < 1.29 is 23.4 Å². The van der Waals surface area contributed by atoms with E-state index in [2.05, 4.69) is 4.90 Å². The third-order valence-corrected chi connectivity index (χ3v) is 6.16. The minimum atomic E-state index is -0.862. The maximum absolute atomic E-state index is 13.4. The molecule has 2 heterocycles. The van der Waals surface area contributed by atoms with Gasteiger partial charge in [0.15, 0.2) is 0 Å². The highest BCUT2D eigenvalue weighted by Gasteiger charge is 2.50. The van der Waals surface area contributed by atoms with Gasteiger partial charge in [0.1, 0.15) is 17.7 Å². The van der Waals surface area contributed by atoms with Crippen LogP contribution in [0.15, 0.2) is 48.5 Å². The van der Waals surface area contributed by atoms with Crippen LogP contribution in [-0.4, -0.2) is 41.2 Å². The van der Waals surface area contributed by atoms with Crippen LogP contribution in [0.25, 0.3) is 0 Å². The van der Waals surface area contributed by atoms with E-state index >= 15 is 0 Å². The molecule has 2 aromatic carbocycles. The summed E-state index contributed by atoms with van der Waals surface area (Å²) in [6.45, 7) is 0. The van der Waals surface area contributed by atoms with Crippen LogP contribution in [0, 0.1) is 17.6 Å². The van der Waals surface area contributed by atoms with Crippen LogP contribution in [0.3, 0.4) is 0 Å². The molecule has 2 bridgehead atoms. The van der Waals surface area contributed by atoms with Gasteiger partial charge in [-0.15, -0.1) is 0 Å². The van der Waals surface area contributed by atoms with Crippen molar-refractivity contribution in [2.45, 2.75) is 43.6 Å². The second-order valence-corrected chi connectivity index (χ2v) is 7.72. The number of carboxylic acid groups (broad SMARTS) is 1. The van der Waals surface area contributed by atoms with E-state index in [1.165, 1.54) is 24.3 Å². The molecule has 2 saturated heterocycles. The van der Waals surface area contributed by atoms with Crippen LogP contribution in [0.5, 0.6) is 0 Å². The lowest BCUT2D eigenvalue weighted by Crippen LogP contribution is -2.53. The standard InChI is InChI=1S/C22H23F2NO3/c1-25-17-10-11-18(25)20(22(26)27)19(12-17)28-21(13-2-6-15(23)7-3-13)14-4-8-16(24)9-5-14/h2-9,17-21H,10-12H2,1H3,(H,26,27)/t17-,18+,19+,20+/m1/s1. The summed E-state index contributed by atoms with van der Waals surface area (Å²) in [4.78, 5) is 14.2. The summed E-state index contributed by atoms with van der Waals surface area (Å²) in [7, 11) is 1.98. The monoisotopic (exact) mass is 387 g/mol. The molecule has 0 aliphatic carbocycles. The number of benzene rings is 2. The van der Waals surface area contributed by atoms with Gasteiger partial charge >= 0.3 is 5.97 Å². The molecule has 2 aliphatic heterocycles. The number of nitrogens with zero attached hydrogens (tertiary/aromatic N) is 1. The lowest BCUT2D eigenvalue weighted by atomic mass is 9.87. The number of halogens is 2. The van der Waals surface area contributed by atoms with Crippen molar-refractivity contribution in [3.8, 4) is 0 Å². The first kappa shape index (κ1) is 19.0. The fraction of sp³-hybridized carbons (Fsp3) is 0.409. The van der Waals surface area contributed by atoms with E-state index in [4.69, 9.17) is 4.74 Å². The number of carboxylic acids is 1. The average Bonchev–Trinajstić information content (AvgIpc) is 2.90. The van der Waals surface area contributed by atoms with Gasteiger partial charge in [-0.1, -0.05) is 24.3 Å². The zero-order valence-corrected chi connectivity index (χ0v) is 15.6. The van der Waals surface area contributed by atoms with Gasteiger partial charge in [0.05, 0.1) is 12.0 Å². The first-order valence-electron chi connectivity index (χ1n) is 9.55. The molecule has 0 spiro atoms. The van der Waals surface area contributed by atoms with Crippen LogP contribution < -0.4 is 0 Å². The molecule has 0 unspecified atom stereocenters. The summed E-state index contributed by atoms with van der Waals surface area (Å²) in [5.41, 5.74) is 1.42. The molecule has 2 aliphatic rings. The van der Waals surface area contributed by atoms with E-state index in [9.17, 15) is 18.7 Å². The Hall–Kier alpha value is -2.31. The van der Waals surface area contributed by atoms with E-state index in [0.29, 0.717) is 23.6 Å². The van der Waals surface area contributed by atoms with Gasteiger partial charge in [0, 0.05) is 12.1 Å². The summed E-state index contributed by atoms with van der Waals surface area (Å²) in [6.07, 6.45) is 1.38. The van der Waals surface area contributed by atoms with Crippen molar-refractivity contribution in [3.63, 3.8) is 0 Å². The fourth-order valence-electron chi connectivity index (χ4n) is 4.68. The molecule has 148 valence electrons. The second-order valence-electron chi connectivity index (χ2n) is 7.72. The van der Waals surface area contributed by atoms with Gasteiger partial charge in [-0.05, 0) is 61.7 Å². The van der Waals surface area contributed by atoms with Crippen molar-refractivity contribution in [1.29, 1.82) is 0 Å². The average molecular weight is 387 g/mol. The first-order chi connectivity index (χ1) is 13.4. The molecule has 4 rings (SSSR count). The maximum atomic E-state index is 13.4. The largest absolute Gasteiger partial charge is 0.481 e. The SMILES string of the molecule is CN1[C@@H]2CC[C@H]1[C@H](C(=O)O)[C@@H](OC(c1ccc(F)cc1)c1ccc(F)cc1)C2. The molecular formula is C22H23F2NO3. The Kier molecular flexibility index (Phi) is 5.17. The number of hydrogen-bond donors (Lipinski definition) is 1. The summed E-state index contributed by atoms with van der Waals surface area (Å²) in [5, 5.41) is 9.87. The summed E-state index contributed by atoms with van der Waals surface area (Å²) in [5.74, 6) is -2.21. The minimum Gasteiger partial charge on any atom is -0.481 e. The summed E-state index contributed by atoms with van der Waals surface area (Å²) < 4.78 is 33.2. The highest BCUT2D eigenvalue weighted by molar-refractivity contribution is 5.72. The minimum absolute atomic E-state index is 0.0525. The highest BCUT2D eigenvalue weighted by Crippen LogP contribution is 2.42. The number of piperidine rings is 1. The zero-order chi connectivity index (χ0) is 19.8. The summed E-state index contributed by atoms with van der Waals surface area (Å²) in [6, 6.07) is 12.2. The molecule has 6 heteroatoms. The van der Waals surface area contributed by atoms with Crippen molar-refractivity contribution >= 4 is 5.97 Å². The summed E-state index contributed by atoms with van der Waals surface area (Å²) >= 11 is 0. The van der Waals surface area contributed by atoms with Crippen LogP contribution in [0.1, 0.15) is 36.5 Å². The Morgan fingerprint density at radius 3 is 2.07 bits per heavy atom.